The summed E-state index contributed by atoms with van der Waals surface area (Å²) < 4.78 is 5.70. The van der Waals surface area contributed by atoms with Gasteiger partial charge < -0.3 is 14.5 Å². The summed E-state index contributed by atoms with van der Waals surface area (Å²) in [6.07, 6.45) is 1.02. The normalized spacial score (nSPS) is 14.0. The summed E-state index contributed by atoms with van der Waals surface area (Å²) >= 11 is 0. The first-order valence-electron chi connectivity index (χ1n) is 13.8. The van der Waals surface area contributed by atoms with E-state index in [-0.39, 0.29) is 5.91 Å². The zero-order valence-corrected chi connectivity index (χ0v) is 22.9. The number of amides is 1. The van der Waals surface area contributed by atoms with E-state index in [1.54, 1.807) is 0 Å². The number of piperazine rings is 1. The summed E-state index contributed by atoms with van der Waals surface area (Å²) in [5, 5.41) is 0. The molecule has 1 amide bonds. The van der Waals surface area contributed by atoms with Gasteiger partial charge in [0.2, 0.25) is 0 Å². The first-order valence-corrected chi connectivity index (χ1v) is 13.8. The minimum absolute atomic E-state index is 0.112. The van der Waals surface area contributed by atoms with Gasteiger partial charge in [-0.1, -0.05) is 37.3 Å². The van der Waals surface area contributed by atoms with Crippen molar-refractivity contribution in [1.82, 2.24) is 9.80 Å². The van der Waals surface area contributed by atoms with Crippen LogP contribution in [-0.4, -0.2) is 61.6 Å². The third-order valence-electron chi connectivity index (χ3n) is 7.36. The Labute approximate surface area is 222 Å². The van der Waals surface area contributed by atoms with Crippen LogP contribution in [0.1, 0.15) is 49.2 Å². The number of hydrogen-bond donors (Lipinski definition) is 0. The molecule has 0 spiro atoms. The van der Waals surface area contributed by atoms with Gasteiger partial charge in [0.15, 0.2) is 0 Å². The Balaban J connectivity index is 1.36. The molecule has 5 nitrogen and oxygen atoms in total. The van der Waals surface area contributed by atoms with E-state index < -0.39 is 0 Å². The second kappa shape index (κ2) is 12.8. The summed E-state index contributed by atoms with van der Waals surface area (Å²) in [5.41, 5.74) is 7.24. The molecule has 0 N–H and O–H groups in total. The Kier molecular flexibility index (Phi) is 9.24. The summed E-state index contributed by atoms with van der Waals surface area (Å²) in [4.78, 5) is 19.5. The number of hydrogen-bond acceptors (Lipinski definition) is 4. The fourth-order valence-corrected chi connectivity index (χ4v) is 5.13. The van der Waals surface area contributed by atoms with Crippen LogP contribution in [0.25, 0.3) is 11.1 Å². The molecule has 1 heterocycles. The molecule has 5 heteroatoms. The van der Waals surface area contributed by atoms with E-state index in [1.165, 1.54) is 27.9 Å². The van der Waals surface area contributed by atoms with Crippen LogP contribution in [0.15, 0.2) is 66.7 Å². The summed E-state index contributed by atoms with van der Waals surface area (Å²) in [6, 6.07) is 23.4. The van der Waals surface area contributed by atoms with Crippen LogP contribution in [-0.2, 0) is 13.0 Å². The second-order valence-electron chi connectivity index (χ2n) is 9.59. The molecule has 0 radical (unpaired) electrons. The number of nitrogens with zero attached hydrogens (tertiary/aromatic N) is 3. The maximum absolute atomic E-state index is 12.6. The number of benzene rings is 3. The van der Waals surface area contributed by atoms with Crippen molar-refractivity contribution >= 4 is 11.6 Å². The highest BCUT2D eigenvalue weighted by Crippen LogP contribution is 2.27. The number of ether oxygens (including phenoxy) is 1. The van der Waals surface area contributed by atoms with Gasteiger partial charge in [0.05, 0.1) is 6.61 Å². The Morgan fingerprint density at radius 3 is 2.16 bits per heavy atom. The van der Waals surface area contributed by atoms with Crippen LogP contribution >= 0.6 is 0 Å². The molecule has 1 fully saturated rings. The SMILES string of the molecule is CCOc1cccc(-c2ccc(CN3CCN(c4ccc(C(=O)N(CC)CC)cc4)CC3)c(CC)c2)c1. The molecule has 3 aromatic carbocycles. The fraction of sp³-hybridized carbons (Fsp3) is 0.406. The van der Waals surface area contributed by atoms with E-state index in [4.69, 9.17) is 4.74 Å². The maximum atomic E-state index is 12.6. The average molecular weight is 500 g/mol. The van der Waals surface area contributed by atoms with Gasteiger partial charge in [-0.25, -0.2) is 0 Å². The van der Waals surface area contributed by atoms with Crippen molar-refractivity contribution in [1.29, 1.82) is 0 Å². The van der Waals surface area contributed by atoms with Crippen molar-refractivity contribution in [3.8, 4) is 16.9 Å². The molecule has 0 bridgehead atoms. The summed E-state index contributed by atoms with van der Waals surface area (Å²) in [6.45, 7) is 15.5. The second-order valence-corrected chi connectivity index (χ2v) is 9.59. The molecule has 0 atom stereocenters. The van der Waals surface area contributed by atoms with Gasteiger partial charge in [-0.05, 0) is 85.8 Å². The minimum Gasteiger partial charge on any atom is -0.494 e. The predicted molar refractivity (Wildman–Crippen MR) is 154 cm³/mol. The van der Waals surface area contributed by atoms with E-state index >= 15 is 0 Å². The Morgan fingerprint density at radius 2 is 1.51 bits per heavy atom. The maximum Gasteiger partial charge on any atom is 0.253 e. The summed E-state index contributed by atoms with van der Waals surface area (Å²) in [5.74, 6) is 1.03. The van der Waals surface area contributed by atoms with Crippen LogP contribution < -0.4 is 9.64 Å². The number of rotatable bonds is 10. The Hall–Kier alpha value is -3.31. The van der Waals surface area contributed by atoms with Crippen molar-refractivity contribution in [2.45, 2.75) is 40.7 Å². The van der Waals surface area contributed by atoms with Crippen LogP contribution in [0.4, 0.5) is 5.69 Å². The fourth-order valence-electron chi connectivity index (χ4n) is 5.13. The van der Waals surface area contributed by atoms with Gasteiger partial charge in [0.1, 0.15) is 5.75 Å². The lowest BCUT2D eigenvalue weighted by Gasteiger charge is -2.36. The van der Waals surface area contributed by atoms with Crippen LogP contribution in [0.5, 0.6) is 5.75 Å². The van der Waals surface area contributed by atoms with Crippen molar-refractivity contribution in [2.24, 2.45) is 0 Å². The van der Waals surface area contributed by atoms with Crippen molar-refractivity contribution in [3.05, 3.63) is 83.4 Å². The molecule has 0 aliphatic carbocycles. The van der Waals surface area contributed by atoms with E-state index in [2.05, 4.69) is 65.3 Å². The highest BCUT2D eigenvalue weighted by molar-refractivity contribution is 5.94. The van der Waals surface area contributed by atoms with Gasteiger partial charge in [-0.15, -0.1) is 0 Å². The first kappa shape index (κ1) is 26.7. The van der Waals surface area contributed by atoms with E-state index in [1.807, 2.05) is 43.9 Å². The quantitative estimate of drug-likeness (QED) is 0.337. The molecule has 3 aromatic rings. The molecule has 0 unspecified atom stereocenters. The third kappa shape index (κ3) is 6.53. The monoisotopic (exact) mass is 499 g/mol. The number of carbonyl (C=O) groups is 1. The van der Waals surface area contributed by atoms with Gasteiger partial charge in [-0.2, -0.15) is 0 Å². The summed E-state index contributed by atoms with van der Waals surface area (Å²) in [7, 11) is 0. The molecule has 1 aliphatic rings. The molecular weight excluding hydrogens is 458 g/mol. The lowest BCUT2D eigenvalue weighted by atomic mass is 9.97. The van der Waals surface area contributed by atoms with Gasteiger partial charge in [0.25, 0.3) is 5.91 Å². The van der Waals surface area contributed by atoms with Gasteiger partial charge in [-0.3, -0.25) is 9.69 Å². The molecule has 0 aromatic heterocycles. The molecule has 1 saturated heterocycles. The first-order chi connectivity index (χ1) is 18.1. The molecule has 4 rings (SSSR count). The lowest BCUT2D eigenvalue weighted by Crippen LogP contribution is -2.46. The number of anilines is 1. The molecule has 196 valence electrons. The smallest absolute Gasteiger partial charge is 0.253 e. The van der Waals surface area contributed by atoms with Crippen LogP contribution in [0, 0.1) is 0 Å². The molecular formula is C32H41N3O2. The van der Waals surface area contributed by atoms with E-state index in [0.29, 0.717) is 6.61 Å². The van der Waals surface area contributed by atoms with Crippen molar-refractivity contribution in [2.75, 3.05) is 50.8 Å². The Morgan fingerprint density at radius 1 is 0.811 bits per heavy atom. The van der Waals surface area contributed by atoms with Crippen LogP contribution in [0.2, 0.25) is 0 Å². The van der Waals surface area contributed by atoms with Crippen molar-refractivity contribution in [3.63, 3.8) is 0 Å². The van der Waals surface area contributed by atoms with Gasteiger partial charge >= 0.3 is 0 Å². The number of carbonyl (C=O) groups excluding carboxylic acids is 1. The highest BCUT2D eigenvalue weighted by Gasteiger charge is 2.19. The van der Waals surface area contributed by atoms with Gasteiger partial charge in [0, 0.05) is 57.1 Å². The number of aryl methyl sites for hydroxylation is 1. The minimum atomic E-state index is 0.112. The average Bonchev–Trinajstić information content (AvgIpc) is 2.95. The highest BCUT2D eigenvalue weighted by atomic mass is 16.5. The zero-order chi connectivity index (χ0) is 26.2. The lowest BCUT2D eigenvalue weighted by molar-refractivity contribution is 0.0773. The van der Waals surface area contributed by atoms with Crippen molar-refractivity contribution < 1.29 is 9.53 Å². The molecule has 0 saturated carbocycles. The predicted octanol–water partition coefficient (Wildman–Crippen LogP) is 6.12. The van der Waals surface area contributed by atoms with E-state index in [0.717, 1.165) is 63.5 Å². The topological polar surface area (TPSA) is 36.0 Å². The molecule has 37 heavy (non-hydrogen) atoms. The van der Waals surface area contributed by atoms with E-state index in [9.17, 15) is 4.79 Å². The van der Waals surface area contributed by atoms with Crippen LogP contribution in [0.3, 0.4) is 0 Å². The molecule has 1 aliphatic heterocycles. The standard InChI is InChI=1S/C32H41N3O2/c1-5-25-22-28(27-10-9-11-31(23-27)37-8-4)12-13-29(25)24-33-18-20-35(21-19-33)30-16-14-26(15-17-30)32(36)34(6-2)7-3/h9-17,22-23H,5-8,18-21,24H2,1-4H3. The Bertz CT molecular complexity index is 1160. The largest absolute Gasteiger partial charge is 0.494 e. The third-order valence-corrected chi connectivity index (χ3v) is 7.36. The zero-order valence-electron chi connectivity index (χ0n) is 22.9.